The number of rotatable bonds is 20. The second-order valence-corrected chi connectivity index (χ2v) is 9.21. The van der Waals surface area contributed by atoms with Crippen LogP contribution in [0.4, 0.5) is 0 Å². The summed E-state index contributed by atoms with van der Waals surface area (Å²) in [5, 5.41) is 25.2. The molecule has 0 aromatic carbocycles. The normalized spacial score (nSPS) is 13.5. The minimum absolute atomic E-state index is 0.00471. The zero-order valence-corrected chi connectivity index (χ0v) is 22.8. The van der Waals surface area contributed by atoms with Crippen LogP contribution in [-0.4, -0.2) is 84.5 Å². The predicted molar refractivity (Wildman–Crippen MR) is 134 cm³/mol. The molecular weight excluding hydrogens is 532 g/mol. The molecule has 0 bridgehead atoms. The highest BCUT2D eigenvalue weighted by Gasteiger charge is 2.32. The van der Waals surface area contributed by atoms with E-state index < -0.39 is 91.6 Å². The van der Waals surface area contributed by atoms with Crippen molar-refractivity contribution in [3.63, 3.8) is 0 Å². The number of carbonyl (C=O) groups excluding carboxylic acids is 6. The lowest BCUT2D eigenvalue weighted by Crippen LogP contribution is -2.70. The summed E-state index contributed by atoms with van der Waals surface area (Å²) in [5.74, 6) is -8.47. The SMILES string of the molecule is C=C(C)C(=O)OCC(NC(=O)[C@H](CCCC[NH3+])CC(=O)[C@H](CC(=O)O)NC(=O)[C@@H]([NH3+])COC(=O)C(=C)C)C(=O)[O-]. The number of carbonyl (C=O) groups is 7. The third-order valence-electron chi connectivity index (χ3n) is 5.42. The van der Waals surface area contributed by atoms with E-state index in [1.165, 1.54) is 13.8 Å². The molecule has 224 valence electrons. The Balaban J connectivity index is 5.61. The summed E-state index contributed by atoms with van der Waals surface area (Å²) in [7, 11) is 0. The molecule has 1 unspecified atom stereocenters. The van der Waals surface area contributed by atoms with E-state index in [0.29, 0.717) is 19.4 Å². The standard InChI is InChI=1S/C25H38N4O11/c1-13(2)24(37)39-11-16(27)22(34)28-17(10-20(31)32)19(30)9-15(7-5-6-8-26)21(33)29-18(23(35)36)12-40-25(38)14(3)4/h15-18H,1,3,5-12,26-27H2,2,4H3,(H,28,34)(H,29,33)(H,31,32)(H,35,36)/p+1/t15-,16+,17+,18?/m1/s1. The lowest BCUT2D eigenvalue weighted by atomic mass is 9.91. The number of amides is 2. The van der Waals surface area contributed by atoms with E-state index in [2.05, 4.69) is 35.3 Å². The second kappa shape index (κ2) is 18.2. The number of ether oxygens (including phenoxy) is 2. The number of Topliss-reactive ketones (excluding diaryl/α,β-unsaturated/α-hetero) is 1. The fourth-order valence-corrected chi connectivity index (χ4v) is 3.10. The van der Waals surface area contributed by atoms with Gasteiger partial charge in [-0.15, -0.1) is 0 Å². The van der Waals surface area contributed by atoms with Crippen LogP contribution in [0.1, 0.15) is 46.0 Å². The summed E-state index contributed by atoms with van der Waals surface area (Å²) >= 11 is 0. The van der Waals surface area contributed by atoms with Crippen molar-refractivity contribution in [3.05, 3.63) is 24.3 Å². The molecule has 0 saturated carbocycles. The molecule has 0 saturated heterocycles. The number of hydrogen-bond donors (Lipinski definition) is 5. The van der Waals surface area contributed by atoms with Gasteiger partial charge in [-0.2, -0.15) is 0 Å². The average Bonchev–Trinajstić information content (AvgIpc) is 2.87. The van der Waals surface area contributed by atoms with Crippen LogP contribution in [0.5, 0.6) is 0 Å². The van der Waals surface area contributed by atoms with Gasteiger partial charge < -0.3 is 46.6 Å². The van der Waals surface area contributed by atoms with Crippen LogP contribution in [0, 0.1) is 5.92 Å². The van der Waals surface area contributed by atoms with E-state index in [4.69, 9.17) is 9.47 Å². The first kappa shape index (κ1) is 35.9. The Hall–Kier alpha value is -4.11. The van der Waals surface area contributed by atoms with E-state index in [1.54, 1.807) is 0 Å². The van der Waals surface area contributed by atoms with E-state index in [-0.39, 0.29) is 17.6 Å². The smallest absolute Gasteiger partial charge is 0.333 e. The number of quaternary nitrogens is 2. The lowest BCUT2D eigenvalue weighted by Gasteiger charge is -2.24. The summed E-state index contributed by atoms with van der Waals surface area (Å²) in [6.45, 7) is 8.83. The molecule has 0 spiro atoms. The quantitative estimate of drug-likeness (QED) is 0.0534. The molecule has 0 aliphatic carbocycles. The third kappa shape index (κ3) is 14.2. The van der Waals surface area contributed by atoms with Crippen LogP contribution in [0.3, 0.4) is 0 Å². The molecule has 2 amide bonds. The second-order valence-electron chi connectivity index (χ2n) is 9.21. The van der Waals surface area contributed by atoms with Crippen LogP contribution in [-0.2, 0) is 43.0 Å². The molecule has 15 heteroatoms. The minimum Gasteiger partial charge on any atom is -0.548 e. The van der Waals surface area contributed by atoms with Crippen LogP contribution in [0.25, 0.3) is 0 Å². The van der Waals surface area contributed by atoms with Gasteiger partial charge in [-0.1, -0.05) is 13.2 Å². The molecule has 40 heavy (non-hydrogen) atoms. The highest BCUT2D eigenvalue weighted by Crippen LogP contribution is 2.16. The Morgan fingerprint density at radius 2 is 1.38 bits per heavy atom. The molecular formula is C25H39N4O11+. The van der Waals surface area contributed by atoms with Crippen molar-refractivity contribution in [1.29, 1.82) is 0 Å². The third-order valence-corrected chi connectivity index (χ3v) is 5.42. The minimum atomic E-state index is -1.74. The van der Waals surface area contributed by atoms with Crippen LogP contribution in [0.15, 0.2) is 24.3 Å². The topological polar surface area (TPSA) is 261 Å². The molecule has 0 radical (unpaired) electrons. The molecule has 0 heterocycles. The predicted octanol–water partition coefficient (Wildman–Crippen LogP) is -3.98. The van der Waals surface area contributed by atoms with Crippen molar-refractivity contribution in [3.8, 4) is 0 Å². The van der Waals surface area contributed by atoms with Crippen LogP contribution in [0.2, 0.25) is 0 Å². The molecule has 15 nitrogen and oxygen atoms in total. The number of hydrogen-bond acceptors (Lipinski definition) is 10. The van der Waals surface area contributed by atoms with Gasteiger partial charge in [-0.05, 0) is 33.1 Å². The Bertz CT molecular complexity index is 995. The molecule has 0 rings (SSSR count). The maximum atomic E-state index is 13.1. The Kier molecular flexibility index (Phi) is 16.4. The van der Waals surface area contributed by atoms with Gasteiger partial charge in [0, 0.05) is 23.5 Å². The van der Waals surface area contributed by atoms with Gasteiger partial charge in [0.15, 0.2) is 18.4 Å². The van der Waals surface area contributed by atoms with E-state index in [1.807, 2.05) is 0 Å². The number of aliphatic carboxylic acids is 2. The van der Waals surface area contributed by atoms with Crippen LogP contribution >= 0.6 is 0 Å². The Morgan fingerprint density at radius 3 is 1.85 bits per heavy atom. The van der Waals surface area contributed by atoms with Gasteiger partial charge in [0.2, 0.25) is 5.91 Å². The van der Waals surface area contributed by atoms with Gasteiger partial charge in [0.1, 0.15) is 12.6 Å². The van der Waals surface area contributed by atoms with Gasteiger partial charge in [-0.25, -0.2) is 9.59 Å². The first-order valence-electron chi connectivity index (χ1n) is 12.4. The molecule has 0 aromatic rings. The summed E-state index contributed by atoms with van der Waals surface area (Å²) < 4.78 is 9.63. The van der Waals surface area contributed by atoms with Crippen molar-refractivity contribution in [2.45, 2.75) is 64.1 Å². The largest absolute Gasteiger partial charge is 0.548 e. The number of carboxylic acid groups (broad SMARTS) is 2. The van der Waals surface area contributed by atoms with Crippen LogP contribution < -0.4 is 27.2 Å². The van der Waals surface area contributed by atoms with Crippen molar-refractivity contribution in [2.75, 3.05) is 19.8 Å². The molecule has 4 atom stereocenters. The highest BCUT2D eigenvalue weighted by molar-refractivity contribution is 5.96. The maximum absolute atomic E-state index is 13.1. The number of carboxylic acids is 2. The molecule has 0 aromatic heterocycles. The van der Waals surface area contributed by atoms with E-state index in [0.717, 1.165) is 0 Å². The summed E-state index contributed by atoms with van der Waals surface area (Å²) in [6.07, 6.45) is -0.228. The molecule has 0 fully saturated rings. The fraction of sp³-hybridized carbons (Fsp3) is 0.560. The number of ketones is 1. The van der Waals surface area contributed by atoms with Gasteiger partial charge in [0.25, 0.3) is 5.91 Å². The van der Waals surface area contributed by atoms with E-state index in [9.17, 15) is 43.8 Å². The monoisotopic (exact) mass is 571 g/mol. The summed E-state index contributed by atoms with van der Waals surface area (Å²) in [4.78, 5) is 84.5. The summed E-state index contributed by atoms with van der Waals surface area (Å²) in [6, 6.07) is -4.47. The zero-order chi connectivity index (χ0) is 31.0. The Morgan fingerprint density at radius 1 is 0.850 bits per heavy atom. The van der Waals surface area contributed by atoms with Crippen molar-refractivity contribution in [2.24, 2.45) is 5.92 Å². The first-order valence-corrected chi connectivity index (χ1v) is 12.4. The number of esters is 2. The van der Waals surface area contributed by atoms with Crippen molar-refractivity contribution >= 4 is 41.5 Å². The average molecular weight is 572 g/mol. The van der Waals surface area contributed by atoms with E-state index >= 15 is 0 Å². The van der Waals surface area contributed by atoms with Gasteiger partial charge in [0.05, 0.1) is 25.0 Å². The lowest BCUT2D eigenvalue weighted by molar-refractivity contribution is -0.409. The van der Waals surface area contributed by atoms with Gasteiger partial charge in [-0.3, -0.25) is 19.2 Å². The highest BCUT2D eigenvalue weighted by atomic mass is 16.5. The molecule has 0 aliphatic heterocycles. The van der Waals surface area contributed by atoms with Crippen molar-refractivity contribution < 1.29 is 64.7 Å². The number of unbranched alkanes of at least 4 members (excludes halogenated alkanes) is 1. The summed E-state index contributed by atoms with van der Waals surface area (Å²) in [5.41, 5.74) is 7.33. The number of nitrogens with one attached hydrogen (secondary N) is 2. The Labute approximate surface area is 231 Å². The fourth-order valence-electron chi connectivity index (χ4n) is 3.10. The first-order chi connectivity index (χ1) is 18.6. The van der Waals surface area contributed by atoms with Gasteiger partial charge >= 0.3 is 17.9 Å². The molecule has 9 N–H and O–H groups in total. The zero-order valence-electron chi connectivity index (χ0n) is 22.8. The molecule has 0 aliphatic rings. The maximum Gasteiger partial charge on any atom is 0.333 e. The van der Waals surface area contributed by atoms with Crippen molar-refractivity contribution in [1.82, 2.24) is 10.6 Å².